The van der Waals surface area contributed by atoms with E-state index < -0.39 is 0 Å². The van der Waals surface area contributed by atoms with E-state index in [1.165, 1.54) is 24.5 Å². The van der Waals surface area contributed by atoms with Crippen molar-refractivity contribution in [3.8, 4) is 0 Å². The Kier molecular flexibility index (Phi) is 3.92. The Hall–Kier alpha value is -2.23. The van der Waals surface area contributed by atoms with Crippen molar-refractivity contribution in [2.45, 2.75) is 44.9 Å². The monoisotopic (exact) mass is 296 g/mol. The lowest BCUT2D eigenvalue weighted by Crippen LogP contribution is -2.15. The Bertz CT molecular complexity index is 742. The molecule has 1 aliphatic rings. The van der Waals surface area contributed by atoms with Gasteiger partial charge >= 0.3 is 0 Å². The Labute approximate surface area is 129 Å². The van der Waals surface area contributed by atoms with Crippen LogP contribution in [0.25, 0.3) is 0 Å². The van der Waals surface area contributed by atoms with Crippen LogP contribution in [-0.2, 0) is 0 Å². The smallest absolute Gasteiger partial charge is 0.251 e. The van der Waals surface area contributed by atoms with Crippen LogP contribution in [0.1, 0.15) is 65.5 Å². The molecule has 1 fully saturated rings. The van der Waals surface area contributed by atoms with E-state index in [4.69, 9.17) is 0 Å². The average molecular weight is 296 g/mol. The molecule has 0 bridgehead atoms. The minimum absolute atomic E-state index is 0.0898. The maximum Gasteiger partial charge on any atom is 0.251 e. The highest BCUT2D eigenvalue weighted by molar-refractivity contribution is 5.94. The Morgan fingerprint density at radius 1 is 1.32 bits per heavy atom. The van der Waals surface area contributed by atoms with Crippen molar-refractivity contribution < 1.29 is 4.79 Å². The molecule has 2 aromatic rings. The molecule has 1 aromatic heterocycles. The number of benzene rings is 1. The molecule has 1 atom stereocenters. The number of Topliss-reactive ketones (excluding diaryl/α,β-unsaturated/α-hetero) is 1. The van der Waals surface area contributed by atoms with Gasteiger partial charge in [0.05, 0.1) is 0 Å². The number of hydrogen-bond acceptors (Lipinski definition) is 3. The number of ketones is 1. The van der Waals surface area contributed by atoms with E-state index in [0.717, 1.165) is 11.5 Å². The fraction of sp³-hybridized carbons (Fsp3) is 0.389. The molecule has 22 heavy (non-hydrogen) atoms. The topological polar surface area (TPSA) is 62.8 Å². The molecule has 1 saturated carbocycles. The highest BCUT2D eigenvalue weighted by atomic mass is 16.1. The summed E-state index contributed by atoms with van der Waals surface area (Å²) in [5, 5.41) is 0. The molecule has 0 spiro atoms. The predicted octanol–water partition coefficient (Wildman–Crippen LogP) is 3.33. The van der Waals surface area contributed by atoms with E-state index in [-0.39, 0.29) is 23.0 Å². The van der Waals surface area contributed by atoms with Crippen molar-refractivity contribution in [3.05, 3.63) is 63.3 Å². The van der Waals surface area contributed by atoms with Crippen LogP contribution in [0.15, 0.2) is 35.1 Å². The zero-order chi connectivity index (χ0) is 15.7. The summed E-state index contributed by atoms with van der Waals surface area (Å²) in [6, 6.07) is 9.84. The van der Waals surface area contributed by atoms with Crippen molar-refractivity contribution in [1.82, 2.24) is 9.97 Å². The SMILES string of the molecule is Cc1nc(C(=O)CC(C)c2ccc(C3CC3)cc2)cc(=O)[nH]1. The van der Waals surface area contributed by atoms with E-state index in [9.17, 15) is 9.59 Å². The molecular weight excluding hydrogens is 276 g/mol. The highest BCUT2D eigenvalue weighted by Gasteiger charge is 2.23. The minimum Gasteiger partial charge on any atom is -0.311 e. The number of nitrogens with one attached hydrogen (secondary N) is 1. The highest BCUT2D eigenvalue weighted by Crippen LogP contribution is 2.40. The second kappa shape index (κ2) is 5.87. The summed E-state index contributed by atoms with van der Waals surface area (Å²) < 4.78 is 0. The zero-order valence-electron chi connectivity index (χ0n) is 12.9. The van der Waals surface area contributed by atoms with Crippen molar-refractivity contribution in [1.29, 1.82) is 0 Å². The largest absolute Gasteiger partial charge is 0.311 e. The van der Waals surface area contributed by atoms with Crippen molar-refractivity contribution >= 4 is 5.78 Å². The van der Waals surface area contributed by atoms with E-state index in [1.54, 1.807) is 6.92 Å². The summed E-state index contributed by atoms with van der Waals surface area (Å²) in [6.07, 6.45) is 2.95. The third kappa shape index (κ3) is 3.32. The predicted molar refractivity (Wildman–Crippen MR) is 85.4 cm³/mol. The zero-order valence-corrected chi connectivity index (χ0v) is 12.9. The number of H-pyrrole nitrogens is 1. The van der Waals surface area contributed by atoms with Gasteiger partial charge in [-0.25, -0.2) is 4.98 Å². The fourth-order valence-corrected chi connectivity index (χ4v) is 2.74. The number of aromatic amines is 1. The molecule has 3 rings (SSSR count). The van der Waals surface area contributed by atoms with E-state index in [0.29, 0.717) is 12.2 Å². The van der Waals surface area contributed by atoms with Gasteiger partial charge in [0.2, 0.25) is 0 Å². The molecule has 0 radical (unpaired) electrons. The van der Waals surface area contributed by atoms with Gasteiger partial charge in [-0.05, 0) is 42.7 Å². The van der Waals surface area contributed by atoms with Gasteiger partial charge in [0, 0.05) is 12.5 Å². The maximum absolute atomic E-state index is 12.3. The molecule has 1 aliphatic carbocycles. The summed E-state index contributed by atoms with van der Waals surface area (Å²) in [6.45, 7) is 3.71. The van der Waals surface area contributed by atoms with Crippen molar-refractivity contribution in [2.24, 2.45) is 0 Å². The number of rotatable bonds is 5. The van der Waals surface area contributed by atoms with Gasteiger partial charge in [0.25, 0.3) is 5.56 Å². The number of carbonyl (C=O) groups excluding carboxylic acids is 1. The number of hydrogen-bond donors (Lipinski definition) is 1. The van der Waals surface area contributed by atoms with E-state index in [2.05, 4.69) is 34.2 Å². The van der Waals surface area contributed by atoms with Crippen LogP contribution < -0.4 is 5.56 Å². The van der Waals surface area contributed by atoms with Gasteiger partial charge < -0.3 is 4.98 Å². The van der Waals surface area contributed by atoms with Crippen LogP contribution in [0.2, 0.25) is 0 Å². The number of nitrogens with zero attached hydrogens (tertiary/aromatic N) is 1. The van der Waals surface area contributed by atoms with Crippen LogP contribution in [0.3, 0.4) is 0 Å². The summed E-state index contributed by atoms with van der Waals surface area (Å²) >= 11 is 0. The average Bonchev–Trinajstić information content (AvgIpc) is 3.31. The molecule has 0 saturated heterocycles. The summed E-state index contributed by atoms with van der Waals surface area (Å²) in [4.78, 5) is 30.4. The first-order valence-electron chi connectivity index (χ1n) is 7.74. The molecule has 4 nitrogen and oxygen atoms in total. The first-order valence-corrected chi connectivity index (χ1v) is 7.74. The molecule has 1 heterocycles. The quantitative estimate of drug-likeness (QED) is 0.861. The molecular formula is C18H20N2O2. The molecule has 1 N–H and O–H groups in total. The fourth-order valence-electron chi connectivity index (χ4n) is 2.74. The van der Waals surface area contributed by atoms with Crippen molar-refractivity contribution in [2.75, 3.05) is 0 Å². The Balaban J connectivity index is 1.70. The van der Waals surface area contributed by atoms with E-state index in [1.807, 2.05) is 6.92 Å². The van der Waals surface area contributed by atoms with Gasteiger partial charge in [0.1, 0.15) is 11.5 Å². The molecule has 114 valence electrons. The summed E-state index contributed by atoms with van der Waals surface area (Å²) in [7, 11) is 0. The van der Waals surface area contributed by atoms with Crippen LogP contribution >= 0.6 is 0 Å². The van der Waals surface area contributed by atoms with Gasteiger partial charge in [0.15, 0.2) is 5.78 Å². The van der Waals surface area contributed by atoms with Crippen LogP contribution in [0.4, 0.5) is 0 Å². The molecule has 1 unspecified atom stereocenters. The van der Waals surface area contributed by atoms with Gasteiger partial charge in [-0.3, -0.25) is 9.59 Å². The first kappa shape index (κ1) is 14.7. The second-order valence-corrected chi connectivity index (χ2v) is 6.19. The summed E-state index contributed by atoms with van der Waals surface area (Å²) in [5.74, 6) is 1.24. The maximum atomic E-state index is 12.3. The molecule has 4 heteroatoms. The van der Waals surface area contributed by atoms with Gasteiger partial charge in [-0.2, -0.15) is 0 Å². The minimum atomic E-state index is -0.280. The lowest BCUT2D eigenvalue weighted by molar-refractivity contribution is 0.0970. The third-order valence-corrected chi connectivity index (χ3v) is 4.19. The van der Waals surface area contributed by atoms with Crippen molar-refractivity contribution in [3.63, 3.8) is 0 Å². The summed E-state index contributed by atoms with van der Waals surface area (Å²) in [5.41, 5.74) is 2.52. The van der Waals surface area contributed by atoms with E-state index >= 15 is 0 Å². The van der Waals surface area contributed by atoms with Gasteiger partial charge in [-0.15, -0.1) is 0 Å². The Morgan fingerprint density at radius 3 is 2.59 bits per heavy atom. The normalized spacial score (nSPS) is 15.5. The molecule has 0 aliphatic heterocycles. The standard InChI is InChI=1S/C18H20N2O2/c1-11(13-3-5-14(6-4-13)15-7-8-15)9-17(21)16-10-18(22)20-12(2)19-16/h3-6,10-11,15H,7-9H2,1-2H3,(H,19,20,22). The number of aromatic nitrogens is 2. The first-order chi connectivity index (χ1) is 10.5. The van der Waals surface area contributed by atoms with Crippen LogP contribution in [0.5, 0.6) is 0 Å². The Morgan fingerprint density at radius 2 is 2.00 bits per heavy atom. The molecule has 0 amide bonds. The number of carbonyl (C=O) groups is 1. The third-order valence-electron chi connectivity index (χ3n) is 4.19. The lowest BCUT2D eigenvalue weighted by atomic mass is 9.93. The van der Waals surface area contributed by atoms with Crippen LogP contribution in [-0.4, -0.2) is 15.8 Å². The number of aryl methyl sites for hydroxylation is 1. The lowest BCUT2D eigenvalue weighted by Gasteiger charge is -2.11. The van der Waals surface area contributed by atoms with Gasteiger partial charge in [-0.1, -0.05) is 31.2 Å². The molecule has 1 aromatic carbocycles. The van der Waals surface area contributed by atoms with Crippen LogP contribution in [0, 0.1) is 6.92 Å². The second-order valence-electron chi connectivity index (χ2n) is 6.19.